The first-order chi connectivity index (χ1) is 10.1. The number of fused-ring (bicyclic) bond motifs is 1. The number of carboxylic acids is 1. The zero-order valence-corrected chi connectivity index (χ0v) is 13.1. The lowest BCUT2D eigenvalue weighted by molar-refractivity contribution is 0.0693. The Morgan fingerprint density at radius 2 is 2.10 bits per heavy atom. The number of aromatic carboxylic acids is 1. The largest absolute Gasteiger partial charge is 0.478 e. The average molecular weight is 305 g/mol. The lowest BCUT2D eigenvalue weighted by Crippen LogP contribution is -2.10. The third kappa shape index (κ3) is 2.64. The maximum atomic E-state index is 11.5. The SMILES string of the molecule is Cc1nn(C)c2ncc(C(=O)O)c(SC3CCCCC3)c12. The minimum atomic E-state index is -0.911. The molecule has 5 nitrogen and oxygen atoms in total. The van der Waals surface area contributed by atoms with Gasteiger partial charge in [0, 0.05) is 23.4 Å². The first kappa shape index (κ1) is 14.4. The Balaban J connectivity index is 2.11. The predicted molar refractivity (Wildman–Crippen MR) is 82.9 cm³/mol. The fourth-order valence-corrected chi connectivity index (χ4v) is 4.53. The van der Waals surface area contributed by atoms with Crippen molar-refractivity contribution in [2.45, 2.75) is 49.2 Å². The van der Waals surface area contributed by atoms with Gasteiger partial charge in [0.2, 0.25) is 0 Å². The molecule has 0 atom stereocenters. The lowest BCUT2D eigenvalue weighted by atomic mass is 10.0. The molecular formula is C15H19N3O2S. The predicted octanol–water partition coefficient (Wildman–Crippen LogP) is 3.40. The van der Waals surface area contributed by atoms with Crippen LogP contribution in [-0.4, -0.2) is 31.1 Å². The second-order valence-corrected chi connectivity index (χ2v) is 6.90. The van der Waals surface area contributed by atoms with Gasteiger partial charge in [-0.3, -0.25) is 4.68 Å². The molecule has 1 saturated carbocycles. The molecule has 0 bridgehead atoms. The van der Waals surface area contributed by atoms with Gasteiger partial charge in [-0.2, -0.15) is 5.10 Å². The molecule has 0 unspecified atom stereocenters. The van der Waals surface area contributed by atoms with E-state index < -0.39 is 5.97 Å². The van der Waals surface area contributed by atoms with Crippen LogP contribution < -0.4 is 0 Å². The summed E-state index contributed by atoms with van der Waals surface area (Å²) < 4.78 is 1.72. The van der Waals surface area contributed by atoms with Crippen LogP contribution >= 0.6 is 11.8 Å². The number of carbonyl (C=O) groups is 1. The van der Waals surface area contributed by atoms with Crippen molar-refractivity contribution in [2.75, 3.05) is 0 Å². The summed E-state index contributed by atoms with van der Waals surface area (Å²) in [6.45, 7) is 1.92. The number of hydrogen-bond donors (Lipinski definition) is 1. The van der Waals surface area contributed by atoms with Crippen molar-refractivity contribution >= 4 is 28.8 Å². The minimum Gasteiger partial charge on any atom is -0.478 e. The topological polar surface area (TPSA) is 68.0 Å². The molecule has 0 radical (unpaired) electrons. The molecule has 1 aliphatic rings. The molecule has 0 spiro atoms. The van der Waals surface area contributed by atoms with Gasteiger partial charge in [-0.05, 0) is 19.8 Å². The van der Waals surface area contributed by atoms with Crippen LogP contribution in [0.5, 0.6) is 0 Å². The summed E-state index contributed by atoms with van der Waals surface area (Å²) in [7, 11) is 1.85. The van der Waals surface area contributed by atoms with Crippen LogP contribution in [0, 0.1) is 6.92 Å². The van der Waals surface area contributed by atoms with Gasteiger partial charge in [-0.1, -0.05) is 19.3 Å². The monoisotopic (exact) mass is 305 g/mol. The Morgan fingerprint density at radius 1 is 1.38 bits per heavy atom. The number of hydrogen-bond acceptors (Lipinski definition) is 4. The number of rotatable bonds is 3. The van der Waals surface area contributed by atoms with E-state index in [9.17, 15) is 9.90 Å². The summed E-state index contributed by atoms with van der Waals surface area (Å²) in [6.07, 6.45) is 7.55. The molecule has 1 N–H and O–H groups in total. The molecule has 0 aromatic carbocycles. The van der Waals surface area contributed by atoms with Crippen LogP contribution in [0.2, 0.25) is 0 Å². The second kappa shape index (κ2) is 5.67. The van der Waals surface area contributed by atoms with Gasteiger partial charge in [0.25, 0.3) is 0 Å². The molecule has 6 heteroatoms. The Kier molecular flexibility index (Phi) is 3.89. The van der Waals surface area contributed by atoms with E-state index in [0.717, 1.165) is 34.5 Å². The Morgan fingerprint density at radius 3 is 2.76 bits per heavy atom. The van der Waals surface area contributed by atoms with Crippen LogP contribution in [0.3, 0.4) is 0 Å². The smallest absolute Gasteiger partial charge is 0.338 e. The van der Waals surface area contributed by atoms with Gasteiger partial charge < -0.3 is 5.11 Å². The maximum Gasteiger partial charge on any atom is 0.338 e. The summed E-state index contributed by atoms with van der Waals surface area (Å²) in [5, 5.41) is 15.3. The highest BCUT2D eigenvalue weighted by Crippen LogP contribution is 2.39. The van der Waals surface area contributed by atoms with Crippen molar-refractivity contribution in [1.29, 1.82) is 0 Å². The molecule has 2 heterocycles. The van der Waals surface area contributed by atoms with Gasteiger partial charge in [-0.15, -0.1) is 11.8 Å². The van der Waals surface area contributed by atoms with Gasteiger partial charge in [0.1, 0.15) is 0 Å². The van der Waals surface area contributed by atoms with E-state index in [0.29, 0.717) is 10.8 Å². The highest BCUT2D eigenvalue weighted by atomic mass is 32.2. The quantitative estimate of drug-likeness (QED) is 0.941. The second-order valence-electron chi connectivity index (χ2n) is 5.59. The molecule has 2 aromatic rings. The molecule has 0 aliphatic heterocycles. The molecule has 0 amide bonds. The van der Waals surface area contributed by atoms with Crippen molar-refractivity contribution in [3.8, 4) is 0 Å². The van der Waals surface area contributed by atoms with E-state index in [-0.39, 0.29) is 0 Å². The summed E-state index contributed by atoms with van der Waals surface area (Å²) in [4.78, 5) is 16.7. The fraction of sp³-hybridized carbons (Fsp3) is 0.533. The van der Waals surface area contributed by atoms with Crippen molar-refractivity contribution < 1.29 is 9.90 Å². The van der Waals surface area contributed by atoms with E-state index in [1.807, 2.05) is 14.0 Å². The molecule has 2 aromatic heterocycles. The van der Waals surface area contributed by atoms with Crippen molar-refractivity contribution in [3.63, 3.8) is 0 Å². The Bertz CT molecular complexity index is 690. The van der Waals surface area contributed by atoms with Gasteiger partial charge in [0.15, 0.2) is 5.65 Å². The Hall–Kier alpha value is -1.56. The van der Waals surface area contributed by atoms with E-state index in [4.69, 9.17) is 0 Å². The number of nitrogens with zero attached hydrogens (tertiary/aromatic N) is 3. The number of aromatic nitrogens is 3. The van der Waals surface area contributed by atoms with E-state index in [1.165, 1.54) is 25.5 Å². The minimum absolute atomic E-state index is 0.300. The number of thioether (sulfide) groups is 1. The summed E-state index contributed by atoms with van der Waals surface area (Å²) >= 11 is 1.70. The summed E-state index contributed by atoms with van der Waals surface area (Å²) in [5.41, 5.74) is 1.91. The highest BCUT2D eigenvalue weighted by Gasteiger charge is 2.23. The fourth-order valence-electron chi connectivity index (χ4n) is 3.00. The van der Waals surface area contributed by atoms with E-state index in [2.05, 4.69) is 10.1 Å². The number of carboxylic acid groups (broad SMARTS) is 1. The van der Waals surface area contributed by atoms with Gasteiger partial charge in [-0.25, -0.2) is 9.78 Å². The van der Waals surface area contributed by atoms with Crippen molar-refractivity contribution in [1.82, 2.24) is 14.8 Å². The third-order valence-corrected chi connectivity index (χ3v) is 5.51. The molecule has 112 valence electrons. The molecule has 21 heavy (non-hydrogen) atoms. The molecule has 0 saturated heterocycles. The van der Waals surface area contributed by atoms with Crippen LogP contribution in [0.4, 0.5) is 0 Å². The van der Waals surface area contributed by atoms with Crippen molar-refractivity contribution in [2.24, 2.45) is 7.05 Å². The van der Waals surface area contributed by atoms with Crippen LogP contribution in [0.15, 0.2) is 11.1 Å². The van der Waals surface area contributed by atoms with Gasteiger partial charge in [0.05, 0.1) is 16.6 Å². The number of aryl methyl sites for hydroxylation is 2. The van der Waals surface area contributed by atoms with Crippen LogP contribution in [0.25, 0.3) is 11.0 Å². The van der Waals surface area contributed by atoms with Crippen LogP contribution in [-0.2, 0) is 7.05 Å². The van der Waals surface area contributed by atoms with Crippen molar-refractivity contribution in [3.05, 3.63) is 17.5 Å². The van der Waals surface area contributed by atoms with Gasteiger partial charge >= 0.3 is 5.97 Å². The standard InChI is InChI=1S/C15H19N3O2S/c1-9-12-13(21-10-6-4-3-5-7-10)11(15(19)20)8-16-14(12)18(2)17-9/h8,10H,3-7H2,1-2H3,(H,19,20). The van der Waals surface area contributed by atoms with E-state index >= 15 is 0 Å². The van der Waals surface area contributed by atoms with Crippen LogP contribution in [0.1, 0.15) is 48.2 Å². The summed E-state index contributed by atoms with van der Waals surface area (Å²) in [5.74, 6) is -0.911. The Labute approximate surface area is 127 Å². The first-order valence-electron chi connectivity index (χ1n) is 7.30. The number of pyridine rings is 1. The molecular weight excluding hydrogens is 286 g/mol. The lowest BCUT2D eigenvalue weighted by Gasteiger charge is -2.22. The molecule has 1 aliphatic carbocycles. The molecule has 3 rings (SSSR count). The summed E-state index contributed by atoms with van der Waals surface area (Å²) in [6, 6.07) is 0. The maximum absolute atomic E-state index is 11.5. The zero-order chi connectivity index (χ0) is 15.0. The first-order valence-corrected chi connectivity index (χ1v) is 8.18. The zero-order valence-electron chi connectivity index (χ0n) is 12.3. The average Bonchev–Trinajstić information content (AvgIpc) is 2.75. The highest BCUT2D eigenvalue weighted by molar-refractivity contribution is 8.00. The third-order valence-electron chi connectivity index (χ3n) is 4.05. The van der Waals surface area contributed by atoms with E-state index in [1.54, 1.807) is 16.4 Å². The molecule has 1 fully saturated rings. The normalized spacial score (nSPS) is 16.5.